The van der Waals surface area contributed by atoms with E-state index in [4.69, 9.17) is 5.73 Å². The molecule has 1 aromatic rings. The van der Waals surface area contributed by atoms with Gasteiger partial charge in [0.25, 0.3) is 0 Å². The van der Waals surface area contributed by atoms with Crippen molar-refractivity contribution >= 4 is 11.8 Å². The molecule has 1 aromatic carbocycles. The Labute approximate surface area is 106 Å². The average Bonchev–Trinajstić information content (AvgIpc) is 3.18. The van der Waals surface area contributed by atoms with Crippen molar-refractivity contribution < 1.29 is 9.59 Å². The van der Waals surface area contributed by atoms with E-state index in [1.54, 1.807) is 18.2 Å². The van der Waals surface area contributed by atoms with Crippen molar-refractivity contribution in [3.05, 3.63) is 35.4 Å². The zero-order chi connectivity index (χ0) is 13.0. The molecule has 1 aliphatic carbocycles. The number of carbonyl (C=O) groups excluding carboxylic acids is 2. The van der Waals surface area contributed by atoms with Crippen LogP contribution in [0.4, 0.5) is 0 Å². The molecule has 0 atom stereocenters. The Morgan fingerprint density at radius 2 is 2.11 bits per heavy atom. The monoisotopic (exact) mass is 247 g/mol. The molecule has 0 heterocycles. The molecule has 0 aliphatic heterocycles. The highest BCUT2D eigenvalue weighted by Crippen LogP contribution is 2.17. The number of carbonyl (C=O) groups is 2. The van der Waals surface area contributed by atoms with Crippen molar-refractivity contribution in [1.82, 2.24) is 10.6 Å². The fourth-order valence-electron chi connectivity index (χ4n) is 1.62. The summed E-state index contributed by atoms with van der Waals surface area (Å²) in [5.41, 5.74) is 6.51. The summed E-state index contributed by atoms with van der Waals surface area (Å²) in [7, 11) is 0. The molecule has 1 fully saturated rings. The maximum atomic E-state index is 11.5. The van der Waals surface area contributed by atoms with Crippen LogP contribution in [0.15, 0.2) is 24.3 Å². The lowest BCUT2D eigenvalue weighted by atomic mass is 10.1. The Hall–Kier alpha value is -1.88. The maximum Gasteiger partial charge on any atom is 0.248 e. The lowest BCUT2D eigenvalue weighted by Crippen LogP contribution is -2.34. The molecule has 2 rings (SSSR count). The number of amides is 2. The molecule has 0 saturated heterocycles. The van der Waals surface area contributed by atoms with Gasteiger partial charge < -0.3 is 16.4 Å². The van der Waals surface area contributed by atoms with E-state index in [1.165, 1.54) is 0 Å². The number of rotatable bonds is 6. The molecular weight excluding hydrogens is 230 g/mol. The minimum atomic E-state index is -0.460. The standard InChI is InChI=1S/C13H17N3O2/c14-13(18)10-3-1-2-9(6-10)7-16-12(17)8-15-11-4-5-11/h1-3,6,11,15H,4-5,7-8H2,(H2,14,18)(H,16,17). The third-order valence-corrected chi connectivity index (χ3v) is 2.83. The van der Waals surface area contributed by atoms with Crippen LogP contribution < -0.4 is 16.4 Å². The van der Waals surface area contributed by atoms with Gasteiger partial charge in [0.1, 0.15) is 0 Å². The Morgan fingerprint density at radius 3 is 2.78 bits per heavy atom. The van der Waals surface area contributed by atoms with Gasteiger partial charge in [0.15, 0.2) is 0 Å². The zero-order valence-corrected chi connectivity index (χ0v) is 10.1. The Balaban J connectivity index is 1.79. The normalized spacial score (nSPS) is 14.2. The molecule has 0 radical (unpaired) electrons. The summed E-state index contributed by atoms with van der Waals surface area (Å²) in [6.45, 7) is 0.756. The second kappa shape index (κ2) is 5.64. The highest BCUT2D eigenvalue weighted by Gasteiger charge is 2.20. The Bertz CT molecular complexity index is 455. The fraction of sp³-hybridized carbons (Fsp3) is 0.385. The predicted molar refractivity (Wildman–Crippen MR) is 67.8 cm³/mol. The van der Waals surface area contributed by atoms with Gasteiger partial charge >= 0.3 is 0 Å². The Kier molecular flexibility index (Phi) is 3.94. The van der Waals surface area contributed by atoms with Crippen molar-refractivity contribution in [2.75, 3.05) is 6.54 Å². The summed E-state index contributed by atoms with van der Waals surface area (Å²) in [6.07, 6.45) is 2.32. The van der Waals surface area contributed by atoms with Gasteiger partial charge in [0, 0.05) is 18.2 Å². The van der Waals surface area contributed by atoms with E-state index in [1.807, 2.05) is 6.07 Å². The van der Waals surface area contributed by atoms with E-state index in [9.17, 15) is 9.59 Å². The molecule has 4 N–H and O–H groups in total. The molecule has 18 heavy (non-hydrogen) atoms. The smallest absolute Gasteiger partial charge is 0.248 e. The number of hydrogen-bond donors (Lipinski definition) is 3. The summed E-state index contributed by atoms with van der Waals surface area (Å²) >= 11 is 0. The van der Waals surface area contributed by atoms with Crippen molar-refractivity contribution in [2.24, 2.45) is 5.73 Å². The molecule has 0 spiro atoms. The van der Waals surface area contributed by atoms with Gasteiger partial charge in [0.05, 0.1) is 6.54 Å². The minimum absolute atomic E-state index is 0.0358. The topological polar surface area (TPSA) is 84.2 Å². The van der Waals surface area contributed by atoms with Crippen LogP contribution in [0, 0.1) is 0 Å². The molecule has 5 nitrogen and oxygen atoms in total. The molecule has 2 amide bonds. The van der Waals surface area contributed by atoms with Crippen molar-refractivity contribution in [3.63, 3.8) is 0 Å². The second-order valence-electron chi connectivity index (χ2n) is 4.50. The van der Waals surface area contributed by atoms with Crippen LogP contribution in [0.25, 0.3) is 0 Å². The van der Waals surface area contributed by atoms with E-state index in [2.05, 4.69) is 10.6 Å². The van der Waals surface area contributed by atoms with E-state index in [0.29, 0.717) is 24.7 Å². The maximum absolute atomic E-state index is 11.5. The van der Waals surface area contributed by atoms with Crippen LogP contribution in [0.2, 0.25) is 0 Å². The van der Waals surface area contributed by atoms with Gasteiger partial charge in [-0.3, -0.25) is 9.59 Å². The number of primary amides is 1. The summed E-state index contributed by atoms with van der Waals surface area (Å²) < 4.78 is 0. The molecule has 1 saturated carbocycles. The van der Waals surface area contributed by atoms with Gasteiger partial charge in [0.2, 0.25) is 11.8 Å². The second-order valence-corrected chi connectivity index (χ2v) is 4.50. The van der Waals surface area contributed by atoms with Crippen LogP contribution in [0.5, 0.6) is 0 Å². The highest BCUT2D eigenvalue weighted by atomic mass is 16.2. The van der Waals surface area contributed by atoms with E-state index in [-0.39, 0.29) is 5.91 Å². The summed E-state index contributed by atoms with van der Waals surface area (Å²) in [5, 5.41) is 5.93. The first-order valence-electron chi connectivity index (χ1n) is 6.04. The lowest BCUT2D eigenvalue weighted by molar-refractivity contribution is -0.120. The summed E-state index contributed by atoms with van der Waals surface area (Å²) in [4.78, 5) is 22.5. The van der Waals surface area contributed by atoms with Crippen molar-refractivity contribution in [2.45, 2.75) is 25.4 Å². The molecule has 5 heteroatoms. The SMILES string of the molecule is NC(=O)c1cccc(CNC(=O)CNC2CC2)c1. The third kappa shape index (κ3) is 3.85. The Morgan fingerprint density at radius 1 is 1.33 bits per heavy atom. The number of benzene rings is 1. The van der Waals surface area contributed by atoms with E-state index >= 15 is 0 Å². The molecule has 96 valence electrons. The van der Waals surface area contributed by atoms with Crippen molar-refractivity contribution in [3.8, 4) is 0 Å². The van der Waals surface area contributed by atoms with Crippen LogP contribution >= 0.6 is 0 Å². The third-order valence-electron chi connectivity index (χ3n) is 2.83. The van der Waals surface area contributed by atoms with Crippen LogP contribution in [0.1, 0.15) is 28.8 Å². The summed E-state index contributed by atoms with van der Waals surface area (Å²) in [5.74, 6) is -0.495. The largest absolute Gasteiger partial charge is 0.366 e. The predicted octanol–water partition coefficient (Wildman–Crippen LogP) is 0.154. The number of nitrogens with two attached hydrogens (primary N) is 1. The van der Waals surface area contributed by atoms with Crippen LogP contribution in [-0.4, -0.2) is 24.4 Å². The molecular formula is C13H17N3O2. The van der Waals surface area contributed by atoms with Gasteiger partial charge in [-0.1, -0.05) is 12.1 Å². The van der Waals surface area contributed by atoms with Crippen LogP contribution in [-0.2, 0) is 11.3 Å². The lowest BCUT2D eigenvalue weighted by Gasteiger charge is -2.07. The zero-order valence-electron chi connectivity index (χ0n) is 10.1. The quantitative estimate of drug-likeness (QED) is 0.669. The minimum Gasteiger partial charge on any atom is -0.366 e. The molecule has 0 unspecified atom stereocenters. The summed E-state index contributed by atoms with van der Waals surface area (Å²) in [6, 6.07) is 7.47. The molecule has 0 aromatic heterocycles. The number of hydrogen-bond acceptors (Lipinski definition) is 3. The van der Waals surface area contributed by atoms with E-state index < -0.39 is 5.91 Å². The van der Waals surface area contributed by atoms with Gasteiger partial charge in [-0.2, -0.15) is 0 Å². The van der Waals surface area contributed by atoms with Crippen molar-refractivity contribution in [1.29, 1.82) is 0 Å². The van der Waals surface area contributed by atoms with Gasteiger partial charge in [-0.15, -0.1) is 0 Å². The molecule has 0 bridgehead atoms. The van der Waals surface area contributed by atoms with Gasteiger partial charge in [-0.25, -0.2) is 0 Å². The average molecular weight is 247 g/mol. The first-order chi connectivity index (χ1) is 8.65. The van der Waals surface area contributed by atoms with E-state index in [0.717, 1.165) is 18.4 Å². The number of nitrogens with one attached hydrogen (secondary N) is 2. The molecule has 1 aliphatic rings. The van der Waals surface area contributed by atoms with Crippen LogP contribution in [0.3, 0.4) is 0 Å². The first kappa shape index (κ1) is 12.6. The fourth-order valence-corrected chi connectivity index (χ4v) is 1.62. The highest BCUT2D eigenvalue weighted by molar-refractivity contribution is 5.92. The first-order valence-corrected chi connectivity index (χ1v) is 6.04. The van der Waals surface area contributed by atoms with Gasteiger partial charge in [-0.05, 0) is 30.5 Å².